The molecule has 6 heteroatoms. The molecule has 0 bridgehead atoms. The van der Waals surface area contributed by atoms with E-state index in [2.05, 4.69) is 10.3 Å². The number of nitrogens with zero attached hydrogens (tertiary/aromatic N) is 1. The van der Waals surface area contributed by atoms with Gasteiger partial charge in [0.15, 0.2) is 0 Å². The smallest absolute Gasteiger partial charge is 0.253 e. The van der Waals surface area contributed by atoms with Crippen molar-refractivity contribution in [3.63, 3.8) is 0 Å². The zero-order valence-corrected chi connectivity index (χ0v) is 12.2. The number of hydrogen-bond acceptors (Lipinski definition) is 4. The van der Waals surface area contributed by atoms with Crippen molar-refractivity contribution >= 4 is 34.7 Å². The molecule has 0 radical (unpaired) electrons. The molecule has 100 valence electrons. The van der Waals surface area contributed by atoms with Crippen LogP contribution in [0.5, 0.6) is 0 Å². The molecule has 2 aromatic heterocycles. The van der Waals surface area contributed by atoms with Crippen molar-refractivity contribution in [2.24, 2.45) is 0 Å². The Hall–Kier alpha value is -1.59. The van der Waals surface area contributed by atoms with Crippen molar-refractivity contribution < 1.29 is 4.79 Å². The maximum absolute atomic E-state index is 12.1. The maximum Gasteiger partial charge on any atom is 0.253 e. The van der Waals surface area contributed by atoms with Crippen LogP contribution in [0, 0.1) is 6.92 Å². The summed E-state index contributed by atoms with van der Waals surface area (Å²) in [6.07, 6.45) is 1.42. The highest BCUT2D eigenvalue weighted by Gasteiger charge is 2.14. The summed E-state index contributed by atoms with van der Waals surface area (Å²) in [6.45, 7) is 3.97. The third-order valence-corrected chi connectivity index (χ3v) is 4.15. The molecule has 3 N–H and O–H groups in total. The van der Waals surface area contributed by atoms with Crippen LogP contribution >= 0.6 is 22.9 Å². The fourth-order valence-electron chi connectivity index (χ4n) is 1.61. The summed E-state index contributed by atoms with van der Waals surface area (Å²) in [5.74, 6) is 0.00750. The molecule has 2 heterocycles. The average molecular weight is 296 g/mol. The molecule has 0 aliphatic heterocycles. The topological polar surface area (TPSA) is 68.0 Å². The first-order valence-electron chi connectivity index (χ1n) is 5.75. The zero-order chi connectivity index (χ0) is 14.0. The van der Waals surface area contributed by atoms with Crippen LogP contribution < -0.4 is 11.1 Å². The monoisotopic (exact) mass is 295 g/mol. The van der Waals surface area contributed by atoms with E-state index in [9.17, 15) is 4.79 Å². The summed E-state index contributed by atoms with van der Waals surface area (Å²) < 4.78 is 0. The normalized spacial score (nSPS) is 12.2. The highest BCUT2D eigenvalue weighted by molar-refractivity contribution is 7.12. The fraction of sp³-hybridized carbons (Fsp3) is 0.231. The molecule has 4 nitrogen and oxygen atoms in total. The Morgan fingerprint density at radius 3 is 2.84 bits per heavy atom. The molecule has 0 fully saturated rings. The van der Waals surface area contributed by atoms with Gasteiger partial charge in [-0.2, -0.15) is 0 Å². The van der Waals surface area contributed by atoms with Crippen molar-refractivity contribution in [3.05, 3.63) is 44.7 Å². The van der Waals surface area contributed by atoms with E-state index in [-0.39, 0.29) is 22.8 Å². The highest BCUT2D eigenvalue weighted by Crippen LogP contribution is 2.23. The molecule has 0 aromatic carbocycles. The molecule has 19 heavy (non-hydrogen) atoms. The van der Waals surface area contributed by atoms with Crippen molar-refractivity contribution in [1.29, 1.82) is 0 Å². The lowest BCUT2D eigenvalue weighted by atomic mass is 10.2. The Labute approximate surface area is 120 Å². The van der Waals surface area contributed by atoms with Crippen LogP contribution in [0.3, 0.4) is 0 Å². The van der Waals surface area contributed by atoms with E-state index in [1.165, 1.54) is 17.1 Å². The maximum atomic E-state index is 12.1. The summed E-state index contributed by atoms with van der Waals surface area (Å²) in [6, 6.07) is 5.51. The van der Waals surface area contributed by atoms with Crippen LogP contribution in [-0.4, -0.2) is 10.9 Å². The van der Waals surface area contributed by atoms with Gasteiger partial charge in [0.1, 0.15) is 5.82 Å². The lowest BCUT2D eigenvalue weighted by molar-refractivity contribution is 0.0940. The Bertz CT molecular complexity index is 612. The minimum absolute atomic E-state index is 0.0532. The first kappa shape index (κ1) is 13.8. The average Bonchev–Trinajstić information content (AvgIpc) is 2.79. The largest absolute Gasteiger partial charge is 0.382 e. The van der Waals surface area contributed by atoms with Gasteiger partial charge in [0.2, 0.25) is 0 Å². The standard InChI is InChI=1S/C13H14ClN3OS/c1-7-3-4-11(19-7)8(2)17-13(18)9-5-10(14)12(15)16-6-9/h3-6,8H,1-2H3,(H2,15,16)(H,17,18). The molecule has 2 rings (SSSR count). The Kier molecular flexibility index (Phi) is 4.07. The van der Waals surface area contributed by atoms with Gasteiger partial charge in [0.05, 0.1) is 16.6 Å². The van der Waals surface area contributed by atoms with Crippen molar-refractivity contribution in [3.8, 4) is 0 Å². The van der Waals surface area contributed by atoms with Crippen molar-refractivity contribution in [1.82, 2.24) is 10.3 Å². The molecule has 1 unspecified atom stereocenters. The van der Waals surface area contributed by atoms with Gasteiger partial charge in [-0.1, -0.05) is 11.6 Å². The molecular formula is C13H14ClN3OS. The van der Waals surface area contributed by atoms with Crippen LogP contribution in [0.1, 0.15) is 33.1 Å². The van der Waals surface area contributed by atoms with Gasteiger partial charge in [0.25, 0.3) is 5.91 Å². The van der Waals surface area contributed by atoms with E-state index in [0.29, 0.717) is 5.56 Å². The number of nitrogens with two attached hydrogens (primary N) is 1. The van der Waals surface area contributed by atoms with Crippen molar-refractivity contribution in [2.75, 3.05) is 5.73 Å². The Balaban J connectivity index is 2.10. The highest BCUT2D eigenvalue weighted by atomic mass is 35.5. The summed E-state index contributed by atoms with van der Waals surface area (Å²) in [7, 11) is 0. The van der Waals surface area contributed by atoms with E-state index < -0.39 is 0 Å². The predicted octanol–water partition coefficient (Wildman–Crippen LogP) is 3.18. The number of aryl methyl sites for hydroxylation is 1. The van der Waals surface area contributed by atoms with Crippen LogP contribution in [0.2, 0.25) is 5.02 Å². The van der Waals surface area contributed by atoms with Crippen LogP contribution in [0.15, 0.2) is 24.4 Å². The fourth-order valence-corrected chi connectivity index (χ4v) is 2.66. The molecule has 0 aliphatic carbocycles. The lowest BCUT2D eigenvalue weighted by Gasteiger charge is -2.12. The number of carbonyl (C=O) groups is 1. The SMILES string of the molecule is Cc1ccc(C(C)NC(=O)c2cnc(N)c(Cl)c2)s1. The number of nitrogen functional groups attached to an aromatic ring is 1. The second kappa shape index (κ2) is 5.59. The number of carbonyl (C=O) groups excluding carboxylic acids is 1. The number of hydrogen-bond donors (Lipinski definition) is 2. The molecule has 1 atom stereocenters. The summed E-state index contributed by atoms with van der Waals surface area (Å²) in [5, 5.41) is 3.19. The minimum atomic E-state index is -0.215. The van der Waals surface area contributed by atoms with Gasteiger partial charge in [-0.25, -0.2) is 4.98 Å². The number of aromatic nitrogens is 1. The third kappa shape index (κ3) is 3.24. The van der Waals surface area contributed by atoms with Crippen LogP contribution in [0.4, 0.5) is 5.82 Å². The van der Waals surface area contributed by atoms with Gasteiger partial charge in [0, 0.05) is 16.0 Å². The van der Waals surface area contributed by atoms with E-state index in [4.69, 9.17) is 17.3 Å². The van der Waals surface area contributed by atoms with Crippen LogP contribution in [-0.2, 0) is 0 Å². The number of nitrogens with one attached hydrogen (secondary N) is 1. The zero-order valence-electron chi connectivity index (χ0n) is 10.6. The molecule has 0 saturated heterocycles. The first-order valence-corrected chi connectivity index (χ1v) is 6.95. The molecule has 2 aromatic rings. The molecule has 0 spiro atoms. The van der Waals surface area contributed by atoms with Gasteiger partial charge in [-0.3, -0.25) is 4.79 Å². The second-order valence-corrected chi connectivity index (χ2v) is 5.96. The van der Waals surface area contributed by atoms with E-state index in [0.717, 1.165) is 4.88 Å². The van der Waals surface area contributed by atoms with Crippen LogP contribution in [0.25, 0.3) is 0 Å². The summed E-state index contributed by atoms with van der Waals surface area (Å²) in [5.41, 5.74) is 5.91. The number of anilines is 1. The Morgan fingerprint density at radius 2 is 2.26 bits per heavy atom. The summed E-state index contributed by atoms with van der Waals surface area (Å²) >= 11 is 7.51. The van der Waals surface area contributed by atoms with Crippen molar-refractivity contribution in [2.45, 2.75) is 19.9 Å². The minimum Gasteiger partial charge on any atom is -0.382 e. The third-order valence-electron chi connectivity index (χ3n) is 2.67. The molecule has 0 saturated carbocycles. The quantitative estimate of drug-likeness (QED) is 0.914. The van der Waals surface area contributed by atoms with Gasteiger partial charge in [-0.15, -0.1) is 11.3 Å². The first-order chi connectivity index (χ1) is 8.97. The van der Waals surface area contributed by atoms with Gasteiger partial charge < -0.3 is 11.1 Å². The number of thiophene rings is 1. The predicted molar refractivity (Wildman–Crippen MR) is 78.6 cm³/mol. The lowest BCUT2D eigenvalue weighted by Crippen LogP contribution is -2.26. The summed E-state index contributed by atoms with van der Waals surface area (Å²) in [4.78, 5) is 18.3. The Morgan fingerprint density at radius 1 is 1.53 bits per heavy atom. The van der Waals surface area contributed by atoms with E-state index >= 15 is 0 Å². The molecule has 0 aliphatic rings. The molecule has 1 amide bonds. The number of rotatable bonds is 3. The van der Waals surface area contributed by atoms with Gasteiger partial charge >= 0.3 is 0 Å². The van der Waals surface area contributed by atoms with E-state index in [1.54, 1.807) is 11.3 Å². The number of pyridine rings is 1. The number of halogens is 1. The second-order valence-electron chi connectivity index (χ2n) is 4.23. The van der Waals surface area contributed by atoms with Gasteiger partial charge in [-0.05, 0) is 32.0 Å². The molecular weight excluding hydrogens is 282 g/mol. The number of amides is 1. The van der Waals surface area contributed by atoms with E-state index in [1.807, 2.05) is 26.0 Å².